The molecule has 1 aromatic heterocycles. The van der Waals surface area contributed by atoms with Crippen LogP contribution in [0.2, 0.25) is 0 Å². The van der Waals surface area contributed by atoms with Crippen LogP contribution in [-0.4, -0.2) is 17.5 Å². The second kappa shape index (κ2) is 6.88. The van der Waals surface area contributed by atoms with Gasteiger partial charge in [0.2, 0.25) is 0 Å². The van der Waals surface area contributed by atoms with E-state index >= 15 is 0 Å². The van der Waals surface area contributed by atoms with E-state index in [0.29, 0.717) is 18.0 Å². The fourth-order valence-electron chi connectivity index (χ4n) is 3.21. The van der Waals surface area contributed by atoms with Crippen LogP contribution in [0.4, 0.5) is 11.5 Å². The first-order valence-electron chi connectivity index (χ1n) is 8.61. The minimum Gasteiger partial charge on any atom is -0.492 e. The van der Waals surface area contributed by atoms with Crippen LogP contribution in [0.5, 0.6) is 5.75 Å². The smallest absolute Gasteiger partial charge is 0.261 e. The topological polar surface area (TPSA) is 54.5 Å². The highest BCUT2D eigenvalue weighted by molar-refractivity contribution is 6.11. The van der Waals surface area contributed by atoms with Gasteiger partial charge in [0, 0.05) is 17.3 Å². The summed E-state index contributed by atoms with van der Waals surface area (Å²) in [6.45, 7) is 2.52. The lowest BCUT2D eigenvalue weighted by Crippen LogP contribution is -2.33. The highest BCUT2D eigenvalue weighted by atomic mass is 16.5. The van der Waals surface area contributed by atoms with Crippen molar-refractivity contribution in [2.75, 3.05) is 16.8 Å². The zero-order valence-electron chi connectivity index (χ0n) is 14.4. The number of benzene rings is 2. The predicted octanol–water partition coefficient (Wildman–Crippen LogP) is 4.25. The predicted molar refractivity (Wildman–Crippen MR) is 101 cm³/mol. The van der Waals surface area contributed by atoms with Crippen molar-refractivity contribution in [1.82, 2.24) is 4.98 Å². The number of aromatic nitrogens is 1. The second-order valence-electron chi connectivity index (χ2n) is 5.93. The van der Waals surface area contributed by atoms with Gasteiger partial charge in [-0.1, -0.05) is 36.4 Å². The number of pyridine rings is 1. The minimum absolute atomic E-state index is 0.0642. The van der Waals surface area contributed by atoms with Crippen molar-refractivity contribution in [2.24, 2.45) is 0 Å². The third kappa shape index (κ3) is 2.77. The molecule has 1 aliphatic rings. The fraction of sp³-hybridized carbons (Fsp3) is 0.143. The molecular weight excluding hydrogens is 326 g/mol. The number of hydrogen-bond donors (Lipinski definition) is 1. The van der Waals surface area contributed by atoms with Crippen molar-refractivity contribution in [3.63, 3.8) is 0 Å². The highest BCUT2D eigenvalue weighted by Gasteiger charge is 2.38. The molecule has 1 amide bonds. The Morgan fingerprint density at radius 3 is 2.62 bits per heavy atom. The number of nitrogens with zero attached hydrogens (tertiary/aromatic N) is 2. The number of rotatable bonds is 5. The number of hydrogen-bond acceptors (Lipinski definition) is 4. The van der Waals surface area contributed by atoms with E-state index in [1.807, 2.05) is 73.7 Å². The van der Waals surface area contributed by atoms with Crippen LogP contribution in [0.1, 0.15) is 29.0 Å². The van der Waals surface area contributed by atoms with E-state index in [4.69, 9.17) is 4.74 Å². The van der Waals surface area contributed by atoms with E-state index in [1.54, 1.807) is 11.1 Å². The maximum atomic E-state index is 13.0. The third-order valence-electron chi connectivity index (χ3n) is 4.34. The first kappa shape index (κ1) is 16.1. The van der Waals surface area contributed by atoms with Gasteiger partial charge in [-0.25, -0.2) is 4.98 Å². The standard InChI is InChI=1S/C21H19N3O2/c1-2-26-18-12-6-5-11-17(18)23-20-15-9-3-4-10-16(15)21(25)24(20)19-13-7-8-14-22-19/h3-14,20,23H,2H2,1H3. The summed E-state index contributed by atoms with van der Waals surface area (Å²) < 4.78 is 5.72. The van der Waals surface area contributed by atoms with Gasteiger partial charge >= 0.3 is 0 Å². The maximum Gasteiger partial charge on any atom is 0.261 e. The second-order valence-corrected chi connectivity index (χ2v) is 5.93. The van der Waals surface area contributed by atoms with Crippen molar-refractivity contribution in [3.8, 4) is 5.75 Å². The molecule has 2 heterocycles. The molecule has 0 bridgehead atoms. The fourth-order valence-corrected chi connectivity index (χ4v) is 3.21. The highest BCUT2D eigenvalue weighted by Crippen LogP contribution is 2.38. The van der Waals surface area contributed by atoms with Crippen molar-refractivity contribution in [1.29, 1.82) is 0 Å². The summed E-state index contributed by atoms with van der Waals surface area (Å²) in [4.78, 5) is 19.1. The van der Waals surface area contributed by atoms with Crippen LogP contribution >= 0.6 is 0 Å². The Morgan fingerprint density at radius 1 is 1.04 bits per heavy atom. The van der Waals surface area contributed by atoms with E-state index in [2.05, 4.69) is 10.3 Å². The van der Waals surface area contributed by atoms with Crippen LogP contribution in [0, 0.1) is 0 Å². The summed E-state index contributed by atoms with van der Waals surface area (Å²) in [5.74, 6) is 1.30. The Morgan fingerprint density at radius 2 is 1.81 bits per heavy atom. The maximum absolute atomic E-state index is 13.0. The Bertz CT molecular complexity index is 927. The lowest BCUT2D eigenvalue weighted by atomic mass is 10.1. The summed E-state index contributed by atoms with van der Waals surface area (Å²) in [7, 11) is 0. The molecule has 0 fully saturated rings. The van der Waals surface area contributed by atoms with Gasteiger partial charge in [0.25, 0.3) is 5.91 Å². The first-order valence-corrected chi connectivity index (χ1v) is 8.61. The van der Waals surface area contributed by atoms with Gasteiger partial charge in [-0.3, -0.25) is 9.69 Å². The van der Waals surface area contributed by atoms with Gasteiger partial charge in [0.15, 0.2) is 0 Å². The van der Waals surface area contributed by atoms with Crippen LogP contribution in [0.25, 0.3) is 0 Å². The Kier molecular flexibility index (Phi) is 4.27. The van der Waals surface area contributed by atoms with Gasteiger partial charge in [0.1, 0.15) is 17.7 Å². The van der Waals surface area contributed by atoms with Crippen molar-refractivity contribution < 1.29 is 9.53 Å². The molecule has 1 aliphatic heterocycles. The van der Waals surface area contributed by atoms with Crippen molar-refractivity contribution >= 4 is 17.4 Å². The van der Waals surface area contributed by atoms with E-state index in [9.17, 15) is 4.79 Å². The normalized spacial score (nSPS) is 15.7. The largest absolute Gasteiger partial charge is 0.492 e. The quantitative estimate of drug-likeness (QED) is 0.751. The first-order chi connectivity index (χ1) is 12.8. The van der Waals surface area contributed by atoms with Gasteiger partial charge < -0.3 is 10.1 Å². The van der Waals surface area contributed by atoms with E-state index in [0.717, 1.165) is 17.0 Å². The number of anilines is 2. The molecule has 0 radical (unpaired) electrons. The molecule has 4 rings (SSSR count). The average molecular weight is 345 g/mol. The molecule has 0 aliphatic carbocycles. The molecular formula is C21H19N3O2. The van der Waals surface area contributed by atoms with Crippen LogP contribution in [-0.2, 0) is 0 Å². The summed E-state index contributed by atoms with van der Waals surface area (Å²) >= 11 is 0. The summed E-state index contributed by atoms with van der Waals surface area (Å²) in [5.41, 5.74) is 2.45. The van der Waals surface area contributed by atoms with Crippen LogP contribution in [0.3, 0.4) is 0 Å². The molecule has 5 nitrogen and oxygen atoms in total. The molecule has 130 valence electrons. The Hall–Kier alpha value is -3.34. The lowest BCUT2D eigenvalue weighted by Gasteiger charge is -2.27. The van der Waals surface area contributed by atoms with Gasteiger partial charge in [-0.2, -0.15) is 0 Å². The number of amides is 1. The van der Waals surface area contributed by atoms with Gasteiger partial charge in [-0.15, -0.1) is 0 Å². The molecule has 0 saturated heterocycles. The Balaban J connectivity index is 1.77. The molecule has 3 aromatic rings. The van der Waals surface area contributed by atoms with Gasteiger partial charge in [0.05, 0.1) is 12.3 Å². The van der Waals surface area contributed by atoms with E-state index in [1.165, 1.54) is 0 Å². The van der Waals surface area contributed by atoms with E-state index < -0.39 is 0 Å². The summed E-state index contributed by atoms with van der Waals surface area (Å²) in [6.07, 6.45) is 1.34. The minimum atomic E-state index is -0.352. The number of carbonyl (C=O) groups excluding carboxylic acids is 1. The molecule has 1 N–H and O–H groups in total. The molecule has 0 spiro atoms. The molecule has 26 heavy (non-hydrogen) atoms. The summed E-state index contributed by atoms with van der Waals surface area (Å²) in [6, 6.07) is 20.9. The van der Waals surface area contributed by atoms with Crippen molar-refractivity contribution in [2.45, 2.75) is 13.1 Å². The molecule has 0 saturated carbocycles. The van der Waals surface area contributed by atoms with E-state index in [-0.39, 0.29) is 12.1 Å². The third-order valence-corrected chi connectivity index (χ3v) is 4.34. The zero-order chi connectivity index (χ0) is 17.9. The Labute approximate surface area is 152 Å². The van der Waals surface area contributed by atoms with Gasteiger partial charge in [-0.05, 0) is 37.3 Å². The lowest BCUT2D eigenvalue weighted by molar-refractivity contribution is 0.0992. The SMILES string of the molecule is CCOc1ccccc1NC1c2ccccc2C(=O)N1c1ccccn1. The molecule has 1 atom stereocenters. The molecule has 1 unspecified atom stereocenters. The number of fused-ring (bicyclic) bond motifs is 1. The van der Waals surface area contributed by atoms with Crippen LogP contribution < -0.4 is 15.0 Å². The van der Waals surface area contributed by atoms with Crippen molar-refractivity contribution in [3.05, 3.63) is 84.1 Å². The zero-order valence-corrected chi connectivity index (χ0v) is 14.4. The number of ether oxygens (including phenoxy) is 1. The molecule has 2 aromatic carbocycles. The monoisotopic (exact) mass is 345 g/mol. The summed E-state index contributed by atoms with van der Waals surface area (Å²) in [5, 5.41) is 3.47. The van der Waals surface area contributed by atoms with Crippen LogP contribution in [0.15, 0.2) is 72.9 Å². The average Bonchev–Trinajstić information content (AvgIpc) is 2.96. The number of para-hydroxylation sites is 2. The number of carbonyl (C=O) groups is 1. The number of nitrogens with one attached hydrogen (secondary N) is 1. The molecule has 5 heteroatoms.